The van der Waals surface area contributed by atoms with Crippen LogP contribution in [0, 0.1) is 20.8 Å². The van der Waals surface area contributed by atoms with Gasteiger partial charge in [-0.1, -0.05) is 91.0 Å². The van der Waals surface area contributed by atoms with Crippen LogP contribution in [-0.2, 0) is 19.8 Å². The van der Waals surface area contributed by atoms with Gasteiger partial charge in [-0.3, -0.25) is 29.9 Å². The van der Waals surface area contributed by atoms with Gasteiger partial charge in [-0.25, -0.2) is 0 Å². The lowest BCUT2D eigenvalue weighted by Crippen LogP contribution is -2.11. The maximum atomic E-state index is 6.69. The van der Waals surface area contributed by atoms with E-state index in [4.69, 9.17) is 29.2 Å². The van der Waals surface area contributed by atoms with Crippen molar-refractivity contribution >= 4 is 0 Å². The van der Waals surface area contributed by atoms with E-state index in [2.05, 4.69) is 33.2 Å². The predicted octanol–water partition coefficient (Wildman–Crippen LogP) is 11.9. The first kappa shape index (κ1) is 41.3. The largest absolute Gasteiger partial charge is 0.489 e. The molecule has 0 bridgehead atoms. The van der Waals surface area contributed by atoms with Crippen molar-refractivity contribution in [2.24, 2.45) is 0 Å². The molecule has 9 nitrogen and oxygen atoms in total. The van der Waals surface area contributed by atoms with Gasteiger partial charge in [-0.2, -0.15) is 0 Å². The fourth-order valence-corrected chi connectivity index (χ4v) is 7.38. The first-order valence-corrected chi connectivity index (χ1v) is 21.2. The summed E-state index contributed by atoms with van der Waals surface area (Å²) >= 11 is 0. The summed E-state index contributed by atoms with van der Waals surface area (Å²) in [5.41, 5.74) is 13.9. The van der Waals surface area contributed by atoms with Crippen LogP contribution >= 0.6 is 0 Å². The van der Waals surface area contributed by atoms with E-state index in [1.54, 1.807) is 0 Å². The first-order chi connectivity index (χ1) is 31.4. The first-order valence-electron chi connectivity index (χ1n) is 21.2. The number of rotatable bonds is 15. The number of benzene rings is 3. The Hall–Kier alpha value is -8.04. The van der Waals surface area contributed by atoms with Crippen LogP contribution in [0.2, 0.25) is 0 Å². The van der Waals surface area contributed by atoms with Gasteiger partial charge in [0.15, 0.2) is 0 Å². The van der Waals surface area contributed by atoms with Crippen molar-refractivity contribution in [1.82, 2.24) is 29.9 Å². The lowest BCUT2D eigenvalue weighted by Gasteiger charge is -2.26. The number of aromatic nitrogens is 6. The molecule has 0 atom stereocenters. The average Bonchev–Trinajstić information content (AvgIpc) is 3.34. The average molecular weight is 839 g/mol. The lowest BCUT2D eigenvalue weighted by atomic mass is 9.83. The third-order valence-electron chi connectivity index (χ3n) is 10.9. The number of pyridine rings is 6. The van der Waals surface area contributed by atoms with Gasteiger partial charge in [-0.15, -0.1) is 0 Å². The minimum Gasteiger partial charge on any atom is -0.489 e. The summed E-state index contributed by atoms with van der Waals surface area (Å²) in [5, 5.41) is 0. The quantitative estimate of drug-likeness (QED) is 0.0933. The third kappa shape index (κ3) is 9.85. The number of hydrogen-bond acceptors (Lipinski definition) is 9. The van der Waals surface area contributed by atoms with Crippen LogP contribution in [0.25, 0.3) is 34.2 Å². The highest BCUT2D eigenvalue weighted by atomic mass is 16.5. The zero-order chi connectivity index (χ0) is 43.7. The molecular weight excluding hydrogens is 793 g/mol. The second-order valence-electron chi connectivity index (χ2n) is 15.7. The molecule has 314 valence electrons. The van der Waals surface area contributed by atoms with Gasteiger partial charge < -0.3 is 14.2 Å². The van der Waals surface area contributed by atoms with E-state index in [-0.39, 0.29) is 5.92 Å². The van der Waals surface area contributed by atoms with E-state index < -0.39 is 0 Å². The summed E-state index contributed by atoms with van der Waals surface area (Å²) in [6.45, 7) is 7.02. The topological polar surface area (TPSA) is 105 Å². The maximum Gasteiger partial charge on any atom is 0.123 e. The van der Waals surface area contributed by atoms with Crippen molar-refractivity contribution < 1.29 is 14.2 Å². The van der Waals surface area contributed by atoms with Gasteiger partial charge in [-0.05, 0) is 92.1 Å². The Kier molecular flexibility index (Phi) is 12.5. The molecule has 0 unspecified atom stereocenters. The maximum absolute atomic E-state index is 6.69. The Labute approximate surface area is 373 Å². The molecule has 9 heteroatoms. The van der Waals surface area contributed by atoms with Crippen LogP contribution in [0.3, 0.4) is 0 Å². The molecule has 64 heavy (non-hydrogen) atoms. The highest BCUT2D eigenvalue weighted by Crippen LogP contribution is 2.44. The van der Waals surface area contributed by atoms with Crippen LogP contribution in [0.4, 0.5) is 0 Å². The Balaban J connectivity index is 1.02. The van der Waals surface area contributed by atoms with Gasteiger partial charge in [0.05, 0.1) is 34.2 Å². The highest BCUT2D eigenvalue weighted by Gasteiger charge is 2.27. The molecule has 0 amide bonds. The number of hydrogen-bond donors (Lipinski definition) is 0. The molecule has 0 N–H and O–H groups in total. The molecule has 0 fully saturated rings. The molecule has 0 saturated carbocycles. The van der Waals surface area contributed by atoms with Crippen LogP contribution in [0.1, 0.15) is 56.0 Å². The van der Waals surface area contributed by atoms with Crippen molar-refractivity contribution in [3.63, 3.8) is 0 Å². The van der Waals surface area contributed by atoms with Crippen molar-refractivity contribution in [1.29, 1.82) is 0 Å². The van der Waals surface area contributed by atoms with Crippen molar-refractivity contribution in [3.8, 4) is 51.4 Å². The van der Waals surface area contributed by atoms with Crippen LogP contribution in [-0.4, -0.2) is 29.9 Å². The second kappa shape index (κ2) is 19.3. The van der Waals surface area contributed by atoms with E-state index in [0.29, 0.717) is 19.8 Å². The number of aryl methyl sites for hydroxylation is 3. The predicted molar refractivity (Wildman–Crippen MR) is 250 cm³/mol. The van der Waals surface area contributed by atoms with Crippen LogP contribution < -0.4 is 14.2 Å². The molecular formula is C55H46N6O3. The summed E-state index contributed by atoms with van der Waals surface area (Å²) in [6, 6.07) is 48.6. The highest BCUT2D eigenvalue weighted by molar-refractivity contribution is 5.58. The Morgan fingerprint density at radius 1 is 0.312 bits per heavy atom. The van der Waals surface area contributed by atoms with Crippen molar-refractivity contribution in [2.75, 3.05) is 0 Å². The minimum atomic E-state index is -0.349. The SMILES string of the molecule is Cc1ccc(-c2ccc(COc3ccccc3C(c3ccccc3OCc3ccc(-c4ccc(C)cn4)nc3)c3ccccc3OCc3ccc(-c4ccc(C)cn4)nc3)cn2)nc1. The standard InChI is InChI=1S/C55H46N6O3/c1-37-16-22-46(56-28-37)49-25-19-40(31-59-49)34-62-52-13-7-4-10-43(52)55(44-11-5-8-14-53(44)63-35-41-20-26-50(60-32-41)47-23-17-38(2)29-57-47)45-12-6-9-15-54(45)64-36-42-21-27-51(61-33-42)48-24-18-39(3)30-58-48/h4-33,55H,34-36H2,1-3H3. The van der Waals surface area contributed by atoms with Gasteiger partial charge in [0, 0.05) is 76.5 Å². The number of ether oxygens (including phenoxy) is 3. The van der Waals surface area contributed by atoms with E-state index in [1.165, 1.54) is 0 Å². The van der Waals surface area contributed by atoms with Crippen molar-refractivity contribution in [2.45, 2.75) is 46.5 Å². The molecule has 0 spiro atoms. The summed E-state index contributed by atoms with van der Waals surface area (Å²) < 4.78 is 20.1. The molecule has 0 aliphatic heterocycles. The molecule has 0 saturated heterocycles. The molecule has 3 aromatic carbocycles. The monoisotopic (exact) mass is 838 g/mol. The van der Waals surface area contributed by atoms with E-state index in [1.807, 2.05) is 185 Å². The van der Waals surface area contributed by atoms with E-state index in [0.717, 1.165) is 101 Å². The van der Waals surface area contributed by atoms with Crippen LogP contribution in [0.15, 0.2) is 183 Å². The van der Waals surface area contributed by atoms with E-state index in [9.17, 15) is 0 Å². The zero-order valence-corrected chi connectivity index (χ0v) is 35.9. The molecule has 0 radical (unpaired) electrons. The normalized spacial score (nSPS) is 11.1. The Bertz CT molecular complexity index is 2620. The second-order valence-corrected chi connectivity index (χ2v) is 15.7. The zero-order valence-electron chi connectivity index (χ0n) is 35.9. The molecule has 6 aromatic heterocycles. The van der Waals surface area contributed by atoms with Crippen molar-refractivity contribution in [3.05, 3.63) is 233 Å². The molecule has 0 aliphatic rings. The third-order valence-corrected chi connectivity index (χ3v) is 10.9. The Morgan fingerprint density at radius 3 is 0.828 bits per heavy atom. The molecule has 6 heterocycles. The fourth-order valence-electron chi connectivity index (χ4n) is 7.38. The van der Waals surface area contributed by atoms with Gasteiger partial charge >= 0.3 is 0 Å². The summed E-state index contributed by atoms with van der Waals surface area (Å²) in [5.74, 6) is 1.85. The molecule has 9 aromatic rings. The molecule has 0 aliphatic carbocycles. The smallest absolute Gasteiger partial charge is 0.123 e. The lowest BCUT2D eigenvalue weighted by molar-refractivity contribution is 0.293. The minimum absolute atomic E-state index is 0.316. The summed E-state index contributed by atoms with van der Waals surface area (Å²) in [6.07, 6.45) is 11.1. The molecule has 9 rings (SSSR count). The summed E-state index contributed by atoms with van der Waals surface area (Å²) in [7, 11) is 0. The van der Waals surface area contributed by atoms with Gasteiger partial charge in [0.25, 0.3) is 0 Å². The number of para-hydroxylation sites is 3. The van der Waals surface area contributed by atoms with Gasteiger partial charge in [0.2, 0.25) is 0 Å². The van der Waals surface area contributed by atoms with E-state index >= 15 is 0 Å². The summed E-state index contributed by atoms with van der Waals surface area (Å²) in [4.78, 5) is 27.8. The van der Waals surface area contributed by atoms with Gasteiger partial charge in [0.1, 0.15) is 37.1 Å². The van der Waals surface area contributed by atoms with Crippen LogP contribution in [0.5, 0.6) is 17.2 Å². The Morgan fingerprint density at radius 2 is 0.578 bits per heavy atom. The number of nitrogens with zero attached hydrogens (tertiary/aromatic N) is 6. The fraction of sp³-hybridized carbons (Fsp3) is 0.127.